The van der Waals surface area contributed by atoms with Crippen LogP contribution in [-0.2, 0) is 17.8 Å². The summed E-state index contributed by atoms with van der Waals surface area (Å²) in [6.45, 7) is 10.4. The van der Waals surface area contributed by atoms with Crippen LogP contribution in [0, 0.1) is 12.8 Å². The Hall–Kier alpha value is -2.13. The maximum Gasteiger partial charge on any atom is 0.223 e. The molecule has 3 rings (SSSR count). The van der Waals surface area contributed by atoms with Crippen LogP contribution in [0.5, 0.6) is 0 Å². The second-order valence-corrected chi connectivity index (χ2v) is 8.83. The van der Waals surface area contributed by atoms with Crippen molar-refractivity contribution in [1.29, 1.82) is 0 Å². The molecule has 2 aromatic carbocycles. The van der Waals surface area contributed by atoms with E-state index in [2.05, 4.69) is 79.5 Å². The van der Waals surface area contributed by atoms with E-state index in [9.17, 15) is 4.79 Å². The second-order valence-electron chi connectivity index (χ2n) is 8.83. The quantitative estimate of drug-likeness (QED) is 0.636. The largest absolute Gasteiger partial charge is 0.356 e. The van der Waals surface area contributed by atoms with E-state index >= 15 is 0 Å². The molecule has 0 unspecified atom stereocenters. The normalized spacial score (nSPS) is 15.6. The Labute approximate surface area is 176 Å². The standard InChI is InChI=1S/C26H36N2O/c1-20(2)24-11-9-22(10-12-24)8-5-15-27-26(29)25-13-16-28(17-14-25)19-23-7-4-6-21(3)18-23/h4,6-7,9-12,18,20,25H,5,8,13-17,19H2,1-3H3,(H,27,29). The van der Waals surface area contributed by atoms with Crippen molar-refractivity contribution >= 4 is 5.91 Å². The number of nitrogens with one attached hydrogen (secondary N) is 1. The Morgan fingerprint density at radius 1 is 1.07 bits per heavy atom. The zero-order valence-corrected chi connectivity index (χ0v) is 18.3. The summed E-state index contributed by atoms with van der Waals surface area (Å²) in [6, 6.07) is 17.6. The van der Waals surface area contributed by atoms with Crippen molar-refractivity contribution in [2.45, 2.75) is 58.9 Å². The average Bonchev–Trinajstić information content (AvgIpc) is 2.72. The monoisotopic (exact) mass is 392 g/mol. The molecule has 3 nitrogen and oxygen atoms in total. The van der Waals surface area contributed by atoms with Gasteiger partial charge in [-0.1, -0.05) is 67.9 Å². The van der Waals surface area contributed by atoms with E-state index < -0.39 is 0 Å². The highest BCUT2D eigenvalue weighted by Gasteiger charge is 2.24. The number of piperidine rings is 1. The summed E-state index contributed by atoms with van der Waals surface area (Å²) in [7, 11) is 0. The Balaban J connectivity index is 1.33. The fraction of sp³-hybridized carbons (Fsp3) is 0.500. The lowest BCUT2D eigenvalue weighted by molar-refractivity contribution is -0.126. The molecule has 0 aliphatic carbocycles. The summed E-state index contributed by atoms with van der Waals surface area (Å²) in [5.41, 5.74) is 5.42. The third kappa shape index (κ3) is 6.71. The third-order valence-corrected chi connectivity index (χ3v) is 6.03. The van der Waals surface area contributed by atoms with E-state index in [4.69, 9.17) is 0 Å². The van der Waals surface area contributed by atoms with Gasteiger partial charge in [0.05, 0.1) is 0 Å². The predicted octanol–water partition coefficient (Wildman–Crippen LogP) is 5.08. The van der Waals surface area contributed by atoms with Gasteiger partial charge < -0.3 is 5.32 Å². The van der Waals surface area contributed by atoms with Gasteiger partial charge in [-0.05, 0) is 68.3 Å². The van der Waals surface area contributed by atoms with Crippen molar-refractivity contribution < 1.29 is 4.79 Å². The van der Waals surface area contributed by atoms with E-state index in [1.54, 1.807) is 0 Å². The summed E-state index contributed by atoms with van der Waals surface area (Å²) in [5, 5.41) is 3.17. The number of rotatable bonds is 8. The first kappa shape index (κ1) is 21.6. The van der Waals surface area contributed by atoms with Crippen molar-refractivity contribution in [3.05, 3.63) is 70.8 Å². The van der Waals surface area contributed by atoms with Gasteiger partial charge in [0.1, 0.15) is 0 Å². The highest BCUT2D eigenvalue weighted by molar-refractivity contribution is 5.78. The molecular weight excluding hydrogens is 356 g/mol. The number of hydrogen-bond acceptors (Lipinski definition) is 2. The Kier molecular flexibility index (Phi) is 7.88. The molecule has 29 heavy (non-hydrogen) atoms. The molecule has 0 spiro atoms. The zero-order chi connectivity index (χ0) is 20.6. The van der Waals surface area contributed by atoms with Gasteiger partial charge in [0.2, 0.25) is 5.91 Å². The number of carbonyl (C=O) groups excluding carboxylic acids is 1. The summed E-state index contributed by atoms with van der Waals surface area (Å²) in [6.07, 6.45) is 3.95. The van der Waals surface area contributed by atoms with Gasteiger partial charge in [-0.25, -0.2) is 0 Å². The summed E-state index contributed by atoms with van der Waals surface area (Å²) < 4.78 is 0. The Bertz CT molecular complexity index is 774. The molecule has 156 valence electrons. The summed E-state index contributed by atoms with van der Waals surface area (Å²) in [4.78, 5) is 15.0. The van der Waals surface area contributed by atoms with Crippen LogP contribution in [0.1, 0.15) is 61.3 Å². The lowest BCUT2D eigenvalue weighted by Gasteiger charge is -2.31. The van der Waals surface area contributed by atoms with Crippen molar-refractivity contribution in [1.82, 2.24) is 10.2 Å². The molecular formula is C26H36N2O. The number of amides is 1. The summed E-state index contributed by atoms with van der Waals surface area (Å²) in [5.74, 6) is 0.996. The van der Waals surface area contributed by atoms with Gasteiger partial charge >= 0.3 is 0 Å². The second kappa shape index (κ2) is 10.6. The van der Waals surface area contributed by atoms with E-state index in [0.29, 0.717) is 5.92 Å². The van der Waals surface area contributed by atoms with Crippen LogP contribution in [0.3, 0.4) is 0 Å². The molecule has 1 fully saturated rings. The van der Waals surface area contributed by atoms with Crippen molar-refractivity contribution in [2.75, 3.05) is 19.6 Å². The van der Waals surface area contributed by atoms with Crippen molar-refractivity contribution in [3.63, 3.8) is 0 Å². The number of aryl methyl sites for hydroxylation is 2. The molecule has 1 saturated heterocycles. The fourth-order valence-electron chi connectivity index (χ4n) is 4.14. The molecule has 1 aliphatic rings. The number of benzene rings is 2. The van der Waals surface area contributed by atoms with Gasteiger partial charge in [-0.15, -0.1) is 0 Å². The van der Waals surface area contributed by atoms with Gasteiger partial charge in [0.25, 0.3) is 0 Å². The lowest BCUT2D eigenvalue weighted by atomic mass is 9.95. The van der Waals surface area contributed by atoms with Gasteiger partial charge in [-0.3, -0.25) is 9.69 Å². The minimum absolute atomic E-state index is 0.175. The van der Waals surface area contributed by atoms with E-state index in [1.165, 1.54) is 22.3 Å². The Morgan fingerprint density at radius 2 is 1.79 bits per heavy atom. The molecule has 0 radical (unpaired) electrons. The van der Waals surface area contributed by atoms with Crippen LogP contribution in [0.2, 0.25) is 0 Å². The molecule has 0 aromatic heterocycles. The van der Waals surface area contributed by atoms with E-state index in [-0.39, 0.29) is 11.8 Å². The van der Waals surface area contributed by atoms with E-state index in [0.717, 1.165) is 51.9 Å². The number of hydrogen-bond donors (Lipinski definition) is 1. The zero-order valence-electron chi connectivity index (χ0n) is 18.3. The topological polar surface area (TPSA) is 32.3 Å². The van der Waals surface area contributed by atoms with Gasteiger partial charge in [0.15, 0.2) is 0 Å². The van der Waals surface area contributed by atoms with E-state index in [1.807, 2.05) is 0 Å². The number of carbonyl (C=O) groups is 1. The van der Waals surface area contributed by atoms with Crippen LogP contribution in [0.25, 0.3) is 0 Å². The molecule has 0 bridgehead atoms. The summed E-state index contributed by atoms with van der Waals surface area (Å²) >= 11 is 0. The molecule has 0 saturated carbocycles. The Morgan fingerprint density at radius 3 is 2.45 bits per heavy atom. The molecule has 1 aliphatic heterocycles. The smallest absolute Gasteiger partial charge is 0.223 e. The molecule has 1 heterocycles. The van der Waals surface area contributed by atoms with Crippen LogP contribution < -0.4 is 5.32 Å². The van der Waals surface area contributed by atoms with Crippen LogP contribution >= 0.6 is 0 Å². The minimum atomic E-state index is 0.175. The lowest BCUT2D eigenvalue weighted by Crippen LogP contribution is -2.40. The highest BCUT2D eigenvalue weighted by Crippen LogP contribution is 2.20. The maximum atomic E-state index is 12.5. The van der Waals surface area contributed by atoms with Gasteiger partial charge in [-0.2, -0.15) is 0 Å². The first-order chi connectivity index (χ1) is 14.0. The maximum absolute atomic E-state index is 12.5. The molecule has 3 heteroatoms. The van der Waals surface area contributed by atoms with Crippen molar-refractivity contribution in [2.24, 2.45) is 5.92 Å². The number of likely N-dealkylation sites (tertiary alicyclic amines) is 1. The third-order valence-electron chi connectivity index (χ3n) is 6.03. The first-order valence-corrected chi connectivity index (χ1v) is 11.2. The van der Waals surface area contributed by atoms with Crippen LogP contribution in [0.15, 0.2) is 48.5 Å². The number of nitrogens with zero attached hydrogens (tertiary/aromatic N) is 1. The molecule has 0 atom stereocenters. The molecule has 2 aromatic rings. The van der Waals surface area contributed by atoms with Crippen LogP contribution in [0.4, 0.5) is 0 Å². The molecule has 1 amide bonds. The predicted molar refractivity (Wildman–Crippen MR) is 121 cm³/mol. The molecule has 1 N–H and O–H groups in total. The van der Waals surface area contributed by atoms with Crippen LogP contribution in [-0.4, -0.2) is 30.4 Å². The average molecular weight is 393 g/mol. The highest BCUT2D eigenvalue weighted by atomic mass is 16.1. The fourth-order valence-corrected chi connectivity index (χ4v) is 4.14. The van der Waals surface area contributed by atoms with Gasteiger partial charge in [0, 0.05) is 19.0 Å². The minimum Gasteiger partial charge on any atom is -0.356 e. The first-order valence-electron chi connectivity index (χ1n) is 11.2. The SMILES string of the molecule is Cc1cccc(CN2CCC(C(=O)NCCCc3ccc(C(C)C)cc3)CC2)c1. The van der Waals surface area contributed by atoms with Crippen molar-refractivity contribution in [3.8, 4) is 0 Å².